The lowest BCUT2D eigenvalue weighted by atomic mass is 10.1. The van der Waals surface area contributed by atoms with Crippen LogP contribution in [0.2, 0.25) is 0 Å². The number of benzene rings is 2. The van der Waals surface area contributed by atoms with Crippen molar-refractivity contribution in [1.29, 1.82) is 0 Å². The molecule has 0 unspecified atom stereocenters. The number of carbonyl (C=O) groups is 1. The zero-order valence-electron chi connectivity index (χ0n) is 14.7. The van der Waals surface area contributed by atoms with Gasteiger partial charge in [0.25, 0.3) is 5.91 Å². The lowest BCUT2D eigenvalue weighted by Crippen LogP contribution is -2.21. The Morgan fingerprint density at radius 1 is 1.25 bits per heavy atom. The van der Waals surface area contributed by atoms with Gasteiger partial charge >= 0.3 is 0 Å². The minimum atomic E-state index is -0.437. The highest BCUT2D eigenvalue weighted by molar-refractivity contribution is 7.13. The monoisotopic (exact) mass is 395 g/mol. The topological polar surface area (TPSA) is 76.7 Å². The molecule has 4 aromatic rings. The predicted molar refractivity (Wildman–Crippen MR) is 104 cm³/mol. The number of methoxy groups -OCH3 is 1. The zero-order valence-corrected chi connectivity index (χ0v) is 15.5. The van der Waals surface area contributed by atoms with Crippen molar-refractivity contribution in [2.24, 2.45) is 4.99 Å². The van der Waals surface area contributed by atoms with Gasteiger partial charge in [-0.2, -0.15) is 0 Å². The van der Waals surface area contributed by atoms with E-state index in [4.69, 9.17) is 9.15 Å². The molecule has 140 valence electrons. The Hall–Kier alpha value is -3.52. The Balaban J connectivity index is 1.92. The van der Waals surface area contributed by atoms with Gasteiger partial charge < -0.3 is 9.15 Å². The lowest BCUT2D eigenvalue weighted by molar-refractivity contribution is 0.102. The number of anilines is 1. The van der Waals surface area contributed by atoms with Gasteiger partial charge in [0.2, 0.25) is 5.55 Å². The molecule has 0 saturated heterocycles. The number of rotatable bonds is 4. The number of nitrogens with one attached hydrogen (secondary N) is 1. The smallest absolute Gasteiger partial charge is 0.262 e. The SMILES string of the molecule is COc1cccc2cc(C(=O)Nc3nccs3)c(=Nc3cccc(F)c3)oc12. The number of hydrogen-bond acceptors (Lipinski definition) is 6. The van der Waals surface area contributed by atoms with E-state index in [-0.39, 0.29) is 11.1 Å². The van der Waals surface area contributed by atoms with Crippen molar-refractivity contribution in [3.05, 3.63) is 77.0 Å². The van der Waals surface area contributed by atoms with Crippen LogP contribution in [0.4, 0.5) is 15.2 Å². The first kappa shape index (κ1) is 17.9. The summed E-state index contributed by atoms with van der Waals surface area (Å²) in [6.07, 6.45) is 1.59. The van der Waals surface area contributed by atoms with Crippen molar-refractivity contribution < 1.29 is 18.3 Å². The van der Waals surface area contributed by atoms with Gasteiger partial charge in [-0.05, 0) is 30.3 Å². The van der Waals surface area contributed by atoms with Crippen LogP contribution in [0.1, 0.15) is 10.4 Å². The second-order valence-corrected chi connectivity index (χ2v) is 6.62. The van der Waals surface area contributed by atoms with Gasteiger partial charge in [0.15, 0.2) is 16.5 Å². The highest BCUT2D eigenvalue weighted by atomic mass is 32.1. The number of aromatic nitrogens is 1. The number of fused-ring (bicyclic) bond motifs is 1. The highest BCUT2D eigenvalue weighted by Gasteiger charge is 2.16. The van der Waals surface area contributed by atoms with Crippen molar-refractivity contribution in [1.82, 2.24) is 4.98 Å². The van der Waals surface area contributed by atoms with E-state index in [1.54, 1.807) is 41.9 Å². The van der Waals surface area contributed by atoms with Crippen LogP contribution in [0.25, 0.3) is 11.0 Å². The Labute approximate surface area is 163 Å². The number of para-hydroxylation sites is 1. The molecule has 0 atom stereocenters. The standard InChI is InChI=1S/C20H14FN3O3S/c1-26-16-7-2-4-12-10-15(18(25)24-20-22-8-9-28-20)19(27-17(12)16)23-14-6-3-5-13(21)11-14/h2-11H,1H3,(H,22,24,25). The van der Waals surface area contributed by atoms with E-state index in [2.05, 4.69) is 15.3 Å². The number of amides is 1. The van der Waals surface area contributed by atoms with Crippen LogP contribution in [-0.4, -0.2) is 18.0 Å². The Morgan fingerprint density at radius 3 is 2.86 bits per heavy atom. The van der Waals surface area contributed by atoms with Gasteiger partial charge in [0.05, 0.1) is 12.8 Å². The normalized spacial score (nSPS) is 11.6. The molecule has 6 nitrogen and oxygen atoms in total. The van der Waals surface area contributed by atoms with E-state index in [1.807, 2.05) is 0 Å². The minimum absolute atomic E-state index is 0.0386. The average molecular weight is 395 g/mol. The lowest BCUT2D eigenvalue weighted by Gasteiger charge is -2.07. The molecule has 28 heavy (non-hydrogen) atoms. The molecule has 0 aliphatic carbocycles. The van der Waals surface area contributed by atoms with Crippen LogP contribution < -0.4 is 15.6 Å². The third-order valence-electron chi connectivity index (χ3n) is 3.89. The van der Waals surface area contributed by atoms with Gasteiger partial charge in [-0.15, -0.1) is 11.3 Å². The molecule has 4 rings (SSSR count). The summed E-state index contributed by atoms with van der Waals surface area (Å²) < 4.78 is 24.8. The fourth-order valence-electron chi connectivity index (χ4n) is 2.64. The number of ether oxygens (including phenoxy) is 1. The van der Waals surface area contributed by atoms with E-state index >= 15 is 0 Å². The number of nitrogens with zero attached hydrogens (tertiary/aromatic N) is 2. The summed E-state index contributed by atoms with van der Waals surface area (Å²) in [5, 5.41) is 5.59. The highest BCUT2D eigenvalue weighted by Crippen LogP contribution is 2.25. The molecule has 0 aliphatic rings. The first-order valence-corrected chi connectivity index (χ1v) is 9.14. The van der Waals surface area contributed by atoms with Crippen molar-refractivity contribution in [3.8, 4) is 5.75 Å². The molecular formula is C20H14FN3O3S. The van der Waals surface area contributed by atoms with Crippen molar-refractivity contribution >= 4 is 39.0 Å². The molecular weight excluding hydrogens is 381 g/mol. The second-order valence-electron chi connectivity index (χ2n) is 5.73. The summed E-state index contributed by atoms with van der Waals surface area (Å²) in [6, 6.07) is 12.7. The molecule has 0 spiro atoms. The first-order valence-electron chi connectivity index (χ1n) is 8.26. The largest absolute Gasteiger partial charge is 0.493 e. The van der Waals surface area contributed by atoms with Crippen LogP contribution in [-0.2, 0) is 0 Å². The number of hydrogen-bond donors (Lipinski definition) is 1. The van der Waals surface area contributed by atoms with Crippen LogP contribution in [0.5, 0.6) is 5.75 Å². The van der Waals surface area contributed by atoms with Crippen molar-refractivity contribution in [2.75, 3.05) is 12.4 Å². The van der Waals surface area contributed by atoms with Gasteiger partial charge in [-0.1, -0.05) is 18.2 Å². The van der Waals surface area contributed by atoms with Crippen LogP contribution in [0.3, 0.4) is 0 Å². The van der Waals surface area contributed by atoms with Crippen molar-refractivity contribution in [2.45, 2.75) is 0 Å². The zero-order chi connectivity index (χ0) is 19.5. The fourth-order valence-corrected chi connectivity index (χ4v) is 3.17. The van der Waals surface area contributed by atoms with E-state index in [1.165, 1.54) is 36.6 Å². The summed E-state index contributed by atoms with van der Waals surface area (Å²) in [6.45, 7) is 0. The maximum atomic E-state index is 13.6. The maximum Gasteiger partial charge on any atom is 0.262 e. The first-order chi connectivity index (χ1) is 13.6. The summed E-state index contributed by atoms with van der Waals surface area (Å²) >= 11 is 1.29. The van der Waals surface area contributed by atoms with Gasteiger partial charge in [0, 0.05) is 17.0 Å². The van der Waals surface area contributed by atoms with Crippen LogP contribution in [0.15, 0.2) is 69.5 Å². The van der Waals surface area contributed by atoms with Gasteiger partial charge in [-0.25, -0.2) is 14.4 Å². The minimum Gasteiger partial charge on any atom is -0.493 e. The molecule has 8 heteroatoms. The van der Waals surface area contributed by atoms with E-state index < -0.39 is 11.7 Å². The number of carbonyl (C=O) groups excluding carboxylic acids is 1. The number of thiazole rings is 1. The van der Waals surface area contributed by atoms with Crippen molar-refractivity contribution in [3.63, 3.8) is 0 Å². The molecule has 0 fully saturated rings. The average Bonchev–Trinajstić information content (AvgIpc) is 3.20. The summed E-state index contributed by atoms with van der Waals surface area (Å²) in [5.74, 6) is -0.368. The molecule has 0 saturated carbocycles. The van der Waals surface area contributed by atoms with Crippen LogP contribution in [0, 0.1) is 5.82 Å². The van der Waals surface area contributed by atoms with Gasteiger partial charge in [-0.3, -0.25) is 10.1 Å². The maximum absolute atomic E-state index is 13.6. The molecule has 2 aromatic heterocycles. The Kier molecular flexibility index (Phi) is 4.86. The molecule has 0 aliphatic heterocycles. The Morgan fingerprint density at radius 2 is 2.11 bits per heavy atom. The van der Waals surface area contributed by atoms with Crippen LogP contribution >= 0.6 is 11.3 Å². The fraction of sp³-hybridized carbons (Fsp3) is 0.0500. The van der Waals surface area contributed by atoms with E-state index in [0.717, 1.165) is 0 Å². The third kappa shape index (κ3) is 3.63. The molecule has 2 aromatic carbocycles. The predicted octanol–water partition coefficient (Wildman–Crippen LogP) is 4.52. The molecule has 0 bridgehead atoms. The third-order valence-corrected chi connectivity index (χ3v) is 4.58. The molecule has 1 amide bonds. The quantitative estimate of drug-likeness (QED) is 0.551. The molecule has 2 heterocycles. The summed E-state index contributed by atoms with van der Waals surface area (Å²) in [7, 11) is 1.52. The summed E-state index contributed by atoms with van der Waals surface area (Å²) in [5.41, 5.74) is 0.990. The summed E-state index contributed by atoms with van der Waals surface area (Å²) in [4.78, 5) is 21.2. The van der Waals surface area contributed by atoms with Gasteiger partial charge in [0.1, 0.15) is 11.4 Å². The number of halogens is 1. The second kappa shape index (κ2) is 7.61. The van der Waals surface area contributed by atoms with E-state index in [9.17, 15) is 9.18 Å². The molecule has 1 N–H and O–H groups in total. The molecule has 0 radical (unpaired) electrons. The Bertz CT molecular complexity index is 1220. The van der Waals surface area contributed by atoms with E-state index in [0.29, 0.717) is 27.5 Å².